The third-order valence-electron chi connectivity index (χ3n) is 2.19. The second-order valence-electron chi connectivity index (χ2n) is 3.44. The molecule has 0 saturated heterocycles. The molecule has 0 aliphatic rings. The Morgan fingerprint density at radius 1 is 1.44 bits per heavy atom. The van der Waals surface area contributed by atoms with Crippen molar-refractivity contribution in [3.63, 3.8) is 0 Å². The Labute approximate surface area is 101 Å². The first-order chi connectivity index (χ1) is 8.60. The monoisotopic (exact) mass is 245 g/mol. The van der Waals surface area contributed by atoms with E-state index in [1.54, 1.807) is 12.1 Å². The van der Waals surface area contributed by atoms with Crippen LogP contribution in [-0.2, 0) is 4.79 Å². The lowest BCUT2D eigenvalue weighted by Gasteiger charge is -2.03. The van der Waals surface area contributed by atoms with Gasteiger partial charge in [-0.2, -0.15) is 5.26 Å². The molecule has 1 heterocycles. The molecule has 1 aromatic heterocycles. The van der Waals surface area contributed by atoms with Crippen LogP contribution in [0.25, 0.3) is 11.0 Å². The van der Waals surface area contributed by atoms with Crippen LogP contribution in [0, 0.1) is 11.3 Å². The third-order valence-corrected chi connectivity index (χ3v) is 2.19. The van der Waals surface area contributed by atoms with E-state index in [1.165, 1.54) is 18.2 Å². The average molecular weight is 245 g/mol. The van der Waals surface area contributed by atoms with Gasteiger partial charge >= 0.3 is 11.6 Å². The fourth-order valence-electron chi connectivity index (χ4n) is 1.40. The van der Waals surface area contributed by atoms with Crippen LogP contribution in [-0.4, -0.2) is 17.7 Å². The molecule has 0 unspecified atom stereocenters. The maximum Gasteiger partial charge on any atom is 0.354 e. The van der Waals surface area contributed by atoms with Crippen LogP contribution in [0.4, 0.5) is 0 Å². The van der Waals surface area contributed by atoms with Gasteiger partial charge in [-0.3, -0.25) is 0 Å². The number of nitriles is 1. The van der Waals surface area contributed by atoms with Gasteiger partial charge in [0.15, 0.2) is 6.61 Å². The quantitative estimate of drug-likeness (QED) is 0.813. The summed E-state index contributed by atoms with van der Waals surface area (Å²) < 4.78 is 9.87. The van der Waals surface area contributed by atoms with Gasteiger partial charge in [-0.1, -0.05) is 0 Å². The molecule has 0 bridgehead atoms. The molecule has 0 aliphatic carbocycles. The smallest absolute Gasteiger partial charge is 0.354 e. The molecular weight excluding hydrogens is 238 g/mol. The van der Waals surface area contributed by atoms with Gasteiger partial charge in [0.1, 0.15) is 23.0 Å². The highest BCUT2D eigenvalue weighted by atomic mass is 16.5. The van der Waals surface area contributed by atoms with E-state index in [1.807, 2.05) is 0 Å². The van der Waals surface area contributed by atoms with Gasteiger partial charge in [-0.05, 0) is 18.2 Å². The molecule has 90 valence electrons. The Balaban J connectivity index is 2.43. The highest BCUT2D eigenvalue weighted by Gasteiger charge is 2.06. The molecule has 6 nitrogen and oxygen atoms in total. The normalized spacial score (nSPS) is 9.94. The van der Waals surface area contributed by atoms with Gasteiger partial charge in [0.2, 0.25) is 0 Å². The molecule has 2 aromatic rings. The van der Waals surface area contributed by atoms with E-state index in [2.05, 4.69) is 0 Å². The molecule has 0 spiro atoms. The summed E-state index contributed by atoms with van der Waals surface area (Å²) in [5.74, 6) is -0.825. The van der Waals surface area contributed by atoms with Crippen molar-refractivity contribution in [1.82, 2.24) is 0 Å². The van der Waals surface area contributed by atoms with E-state index in [0.29, 0.717) is 5.39 Å². The number of rotatable bonds is 3. The SMILES string of the molecule is N#Cc1cc2ccc(OCC(=O)O)cc2oc1=O. The summed E-state index contributed by atoms with van der Waals surface area (Å²) in [4.78, 5) is 21.7. The summed E-state index contributed by atoms with van der Waals surface area (Å²) in [7, 11) is 0. The second kappa shape index (κ2) is 4.59. The number of hydrogen-bond acceptors (Lipinski definition) is 5. The molecule has 18 heavy (non-hydrogen) atoms. The fourth-order valence-corrected chi connectivity index (χ4v) is 1.40. The first kappa shape index (κ1) is 11.7. The highest BCUT2D eigenvalue weighted by molar-refractivity contribution is 5.79. The van der Waals surface area contributed by atoms with Crippen LogP contribution < -0.4 is 10.4 Å². The Hall–Kier alpha value is -2.81. The lowest BCUT2D eigenvalue weighted by atomic mass is 10.2. The minimum absolute atomic E-state index is 0.0818. The zero-order chi connectivity index (χ0) is 13.1. The van der Waals surface area contributed by atoms with Crippen molar-refractivity contribution in [3.05, 3.63) is 40.2 Å². The van der Waals surface area contributed by atoms with Crippen molar-refractivity contribution in [2.45, 2.75) is 0 Å². The highest BCUT2D eigenvalue weighted by Crippen LogP contribution is 2.20. The number of carboxylic acids is 1. The van der Waals surface area contributed by atoms with Crippen molar-refractivity contribution in [3.8, 4) is 11.8 Å². The Morgan fingerprint density at radius 3 is 2.89 bits per heavy atom. The lowest BCUT2D eigenvalue weighted by molar-refractivity contribution is -0.139. The molecule has 1 N–H and O–H groups in total. The maximum absolute atomic E-state index is 11.3. The van der Waals surface area contributed by atoms with Crippen LogP contribution in [0.5, 0.6) is 5.75 Å². The van der Waals surface area contributed by atoms with E-state index < -0.39 is 18.2 Å². The van der Waals surface area contributed by atoms with E-state index in [0.717, 1.165) is 0 Å². The molecule has 6 heteroatoms. The van der Waals surface area contributed by atoms with Gasteiger partial charge in [0, 0.05) is 11.5 Å². The summed E-state index contributed by atoms with van der Waals surface area (Å²) in [6.07, 6.45) is 0. The molecule has 0 saturated carbocycles. The van der Waals surface area contributed by atoms with E-state index >= 15 is 0 Å². The number of aliphatic carboxylic acids is 1. The first-order valence-corrected chi connectivity index (χ1v) is 4.93. The van der Waals surface area contributed by atoms with E-state index in [4.69, 9.17) is 19.5 Å². The zero-order valence-corrected chi connectivity index (χ0v) is 9.04. The minimum atomic E-state index is -1.10. The van der Waals surface area contributed by atoms with Gasteiger partial charge < -0.3 is 14.3 Å². The number of carboxylic acid groups (broad SMARTS) is 1. The number of carbonyl (C=O) groups is 1. The first-order valence-electron chi connectivity index (χ1n) is 4.93. The third kappa shape index (κ3) is 2.30. The number of hydrogen-bond donors (Lipinski definition) is 1. The van der Waals surface area contributed by atoms with Crippen molar-refractivity contribution < 1.29 is 19.1 Å². The van der Waals surface area contributed by atoms with Gasteiger partial charge in [0.05, 0.1) is 0 Å². The molecular formula is C12H7NO5. The van der Waals surface area contributed by atoms with Crippen molar-refractivity contribution in [1.29, 1.82) is 5.26 Å². The maximum atomic E-state index is 11.3. The standard InChI is InChI=1S/C12H7NO5/c13-5-8-3-7-1-2-9(17-6-11(14)15)4-10(7)18-12(8)16/h1-4H,6H2,(H,14,15). The van der Waals surface area contributed by atoms with Crippen LogP contribution in [0.3, 0.4) is 0 Å². The minimum Gasteiger partial charge on any atom is -0.482 e. The summed E-state index contributed by atoms with van der Waals surface area (Å²) in [6.45, 7) is -0.480. The Bertz CT molecular complexity index is 710. The number of benzene rings is 1. The second-order valence-corrected chi connectivity index (χ2v) is 3.44. The molecule has 0 amide bonds. The Morgan fingerprint density at radius 2 is 2.22 bits per heavy atom. The topological polar surface area (TPSA) is 101 Å². The molecule has 0 atom stereocenters. The predicted molar refractivity (Wildman–Crippen MR) is 60.3 cm³/mol. The van der Waals surface area contributed by atoms with Crippen LogP contribution in [0.2, 0.25) is 0 Å². The summed E-state index contributed by atoms with van der Waals surface area (Å²) in [6, 6.07) is 7.65. The van der Waals surface area contributed by atoms with Crippen LogP contribution >= 0.6 is 0 Å². The Kier molecular flexibility index (Phi) is 2.98. The summed E-state index contributed by atoms with van der Waals surface area (Å²) in [5.41, 5.74) is -0.580. The van der Waals surface area contributed by atoms with E-state index in [9.17, 15) is 9.59 Å². The zero-order valence-electron chi connectivity index (χ0n) is 9.04. The van der Waals surface area contributed by atoms with Crippen LogP contribution in [0.1, 0.15) is 5.56 Å². The molecule has 2 rings (SSSR count). The fraction of sp³-hybridized carbons (Fsp3) is 0.0833. The van der Waals surface area contributed by atoms with Gasteiger partial charge in [0.25, 0.3) is 0 Å². The van der Waals surface area contributed by atoms with E-state index in [-0.39, 0.29) is 16.9 Å². The number of fused-ring (bicyclic) bond motifs is 1. The molecule has 0 fully saturated rings. The van der Waals surface area contributed by atoms with Gasteiger partial charge in [-0.25, -0.2) is 9.59 Å². The number of ether oxygens (including phenoxy) is 1. The van der Waals surface area contributed by atoms with Crippen LogP contribution in [0.15, 0.2) is 33.5 Å². The summed E-state index contributed by atoms with van der Waals surface area (Å²) in [5, 5.41) is 17.7. The van der Waals surface area contributed by atoms with Crippen molar-refractivity contribution in [2.24, 2.45) is 0 Å². The predicted octanol–water partition coefficient (Wildman–Crippen LogP) is 1.13. The lowest BCUT2D eigenvalue weighted by Crippen LogP contribution is -2.09. The molecule has 0 aliphatic heterocycles. The average Bonchev–Trinajstić information content (AvgIpc) is 2.35. The van der Waals surface area contributed by atoms with Crippen molar-refractivity contribution >= 4 is 16.9 Å². The summed E-state index contributed by atoms with van der Waals surface area (Å²) >= 11 is 0. The molecule has 1 aromatic carbocycles. The van der Waals surface area contributed by atoms with Crippen molar-refractivity contribution in [2.75, 3.05) is 6.61 Å². The van der Waals surface area contributed by atoms with Gasteiger partial charge in [-0.15, -0.1) is 0 Å². The molecule has 0 radical (unpaired) electrons. The number of nitrogens with zero attached hydrogens (tertiary/aromatic N) is 1. The largest absolute Gasteiger partial charge is 0.482 e.